The average Bonchev–Trinajstić information content (AvgIpc) is 3.42. The second-order valence-corrected chi connectivity index (χ2v) is 8.52. The molecule has 0 amide bonds. The lowest BCUT2D eigenvalue weighted by atomic mass is 10.1. The van der Waals surface area contributed by atoms with Gasteiger partial charge in [0.1, 0.15) is 22.7 Å². The van der Waals surface area contributed by atoms with Crippen molar-refractivity contribution >= 4 is 22.7 Å². The number of hydrogen-bond donors (Lipinski definition) is 3. The first-order valence-corrected chi connectivity index (χ1v) is 11.2. The van der Waals surface area contributed by atoms with Gasteiger partial charge in [0.15, 0.2) is 11.6 Å². The van der Waals surface area contributed by atoms with Crippen LogP contribution < -0.4 is 11.1 Å². The van der Waals surface area contributed by atoms with Crippen LogP contribution in [0.1, 0.15) is 43.4 Å². The average molecular weight is 446 g/mol. The second kappa shape index (κ2) is 8.36. The molecule has 0 spiro atoms. The Labute approximate surface area is 191 Å². The second-order valence-electron chi connectivity index (χ2n) is 8.52. The quantitative estimate of drug-likeness (QED) is 0.423. The Kier molecular flexibility index (Phi) is 5.37. The maximum absolute atomic E-state index is 9.92. The number of nitrogens with zero attached hydrogens (tertiary/aromatic N) is 7. The number of aliphatic hydroxyl groups is 1. The van der Waals surface area contributed by atoms with Crippen LogP contribution in [0.4, 0.5) is 11.6 Å². The Morgan fingerprint density at radius 2 is 1.97 bits per heavy atom. The van der Waals surface area contributed by atoms with E-state index in [0.717, 1.165) is 41.2 Å². The molecule has 0 aliphatic heterocycles. The zero-order valence-corrected chi connectivity index (χ0v) is 18.9. The zero-order valence-electron chi connectivity index (χ0n) is 18.9. The van der Waals surface area contributed by atoms with Crippen molar-refractivity contribution in [3.8, 4) is 16.9 Å². The molecule has 10 nitrogen and oxygen atoms in total. The molecule has 4 aromatic heterocycles. The third kappa shape index (κ3) is 4.09. The molecule has 2 atom stereocenters. The molecule has 0 unspecified atom stereocenters. The molecule has 10 heteroatoms. The van der Waals surface area contributed by atoms with Gasteiger partial charge < -0.3 is 16.2 Å². The maximum Gasteiger partial charge on any atom is 0.157 e. The number of rotatable bonds is 5. The Hall–Kier alpha value is -3.66. The van der Waals surface area contributed by atoms with Crippen LogP contribution in [-0.4, -0.2) is 52.0 Å². The highest BCUT2D eigenvalue weighted by atomic mass is 16.3. The minimum atomic E-state index is -0.267. The lowest BCUT2D eigenvalue weighted by Gasteiger charge is -2.17. The van der Waals surface area contributed by atoms with E-state index in [0.29, 0.717) is 41.3 Å². The summed E-state index contributed by atoms with van der Waals surface area (Å²) in [5.74, 6) is 2.45. The molecule has 4 heterocycles. The molecule has 1 aliphatic rings. The van der Waals surface area contributed by atoms with Gasteiger partial charge in [0.05, 0.1) is 18.0 Å². The summed E-state index contributed by atoms with van der Waals surface area (Å²) >= 11 is 0. The summed E-state index contributed by atoms with van der Waals surface area (Å²) in [5, 5.41) is 17.9. The fourth-order valence-corrected chi connectivity index (χ4v) is 4.35. The number of aryl methyl sites for hydroxylation is 3. The van der Waals surface area contributed by atoms with Crippen molar-refractivity contribution in [2.75, 3.05) is 11.1 Å². The molecule has 1 aliphatic carbocycles. The van der Waals surface area contributed by atoms with E-state index in [2.05, 4.69) is 25.4 Å². The molecule has 1 saturated carbocycles. The third-order valence-corrected chi connectivity index (χ3v) is 5.96. The van der Waals surface area contributed by atoms with Crippen LogP contribution in [0.15, 0.2) is 24.7 Å². The molecular weight excluding hydrogens is 418 g/mol. The van der Waals surface area contributed by atoms with E-state index in [1.165, 1.54) is 0 Å². The summed E-state index contributed by atoms with van der Waals surface area (Å²) in [4.78, 5) is 22.9. The Bertz CT molecular complexity index is 1310. The highest BCUT2D eigenvalue weighted by Gasteiger charge is 2.24. The van der Waals surface area contributed by atoms with Crippen LogP contribution in [-0.2, 0) is 6.42 Å². The first-order chi connectivity index (χ1) is 15.9. The summed E-state index contributed by atoms with van der Waals surface area (Å²) in [7, 11) is 0. The van der Waals surface area contributed by atoms with Gasteiger partial charge in [-0.15, -0.1) is 0 Å². The van der Waals surface area contributed by atoms with Crippen LogP contribution >= 0.6 is 0 Å². The Morgan fingerprint density at radius 3 is 2.70 bits per heavy atom. The van der Waals surface area contributed by atoms with Gasteiger partial charge in [0.25, 0.3) is 0 Å². The van der Waals surface area contributed by atoms with Gasteiger partial charge in [0, 0.05) is 41.3 Å². The SMILES string of the molecule is CCc1nc2c(N)ncc(-c3cnn(-c4cc(C)nc(C)n4)c3)c2nc1N[C@@H]1CC[C@H](O)C1. The molecule has 4 aromatic rings. The lowest BCUT2D eigenvalue weighted by molar-refractivity contribution is 0.182. The molecule has 1 fully saturated rings. The van der Waals surface area contributed by atoms with Gasteiger partial charge in [-0.1, -0.05) is 6.92 Å². The van der Waals surface area contributed by atoms with Gasteiger partial charge in [0.2, 0.25) is 0 Å². The van der Waals surface area contributed by atoms with E-state index < -0.39 is 0 Å². The van der Waals surface area contributed by atoms with E-state index in [9.17, 15) is 5.11 Å². The minimum Gasteiger partial charge on any atom is -0.393 e. The molecular formula is C23H27N9O. The van der Waals surface area contributed by atoms with Crippen LogP contribution in [0.5, 0.6) is 0 Å². The number of aliphatic hydroxyl groups excluding tert-OH is 1. The summed E-state index contributed by atoms with van der Waals surface area (Å²) < 4.78 is 1.71. The molecule has 0 aromatic carbocycles. The van der Waals surface area contributed by atoms with Crippen molar-refractivity contribution in [2.24, 2.45) is 0 Å². The van der Waals surface area contributed by atoms with E-state index in [4.69, 9.17) is 15.7 Å². The number of aromatic nitrogens is 7. The molecule has 0 bridgehead atoms. The number of fused-ring (bicyclic) bond motifs is 1. The molecule has 0 radical (unpaired) electrons. The van der Waals surface area contributed by atoms with Crippen LogP contribution in [0.3, 0.4) is 0 Å². The Balaban J connectivity index is 1.59. The molecule has 0 saturated heterocycles. The number of nitrogens with two attached hydrogens (primary N) is 1. The van der Waals surface area contributed by atoms with Gasteiger partial charge in [-0.05, 0) is 39.5 Å². The summed E-state index contributed by atoms with van der Waals surface area (Å²) in [6.45, 7) is 5.82. The van der Waals surface area contributed by atoms with Gasteiger partial charge in [-0.25, -0.2) is 29.6 Å². The van der Waals surface area contributed by atoms with Crippen molar-refractivity contribution in [2.45, 2.75) is 58.6 Å². The first kappa shape index (κ1) is 21.2. The highest BCUT2D eigenvalue weighted by molar-refractivity contribution is 5.96. The fourth-order valence-electron chi connectivity index (χ4n) is 4.35. The summed E-state index contributed by atoms with van der Waals surface area (Å²) in [5.41, 5.74) is 10.7. The van der Waals surface area contributed by atoms with Crippen molar-refractivity contribution in [3.63, 3.8) is 0 Å². The number of hydrogen-bond acceptors (Lipinski definition) is 9. The lowest BCUT2D eigenvalue weighted by Crippen LogP contribution is -2.19. The number of anilines is 2. The van der Waals surface area contributed by atoms with Crippen molar-refractivity contribution in [3.05, 3.63) is 41.9 Å². The normalized spacial score (nSPS) is 18.2. The summed E-state index contributed by atoms with van der Waals surface area (Å²) in [6.07, 6.45) is 8.20. The summed E-state index contributed by atoms with van der Waals surface area (Å²) in [6, 6.07) is 2.06. The third-order valence-electron chi connectivity index (χ3n) is 5.96. The van der Waals surface area contributed by atoms with Gasteiger partial charge >= 0.3 is 0 Å². The van der Waals surface area contributed by atoms with Crippen molar-refractivity contribution < 1.29 is 5.11 Å². The van der Waals surface area contributed by atoms with E-state index in [1.54, 1.807) is 17.1 Å². The number of nitrogens with one attached hydrogen (secondary N) is 1. The number of nitrogen functional groups attached to an aromatic ring is 1. The van der Waals surface area contributed by atoms with Gasteiger partial charge in [-0.2, -0.15) is 5.10 Å². The molecule has 170 valence electrons. The molecule has 33 heavy (non-hydrogen) atoms. The van der Waals surface area contributed by atoms with E-state index in [-0.39, 0.29) is 12.1 Å². The fraction of sp³-hybridized carbons (Fsp3) is 0.391. The highest BCUT2D eigenvalue weighted by Crippen LogP contribution is 2.32. The Morgan fingerprint density at radius 1 is 1.12 bits per heavy atom. The predicted octanol–water partition coefficient (Wildman–Crippen LogP) is 2.75. The number of pyridine rings is 1. The van der Waals surface area contributed by atoms with E-state index >= 15 is 0 Å². The van der Waals surface area contributed by atoms with Crippen LogP contribution in [0, 0.1) is 13.8 Å². The smallest absolute Gasteiger partial charge is 0.157 e. The largest absolute Gasteiger partial charge is 0.393 e. The topological polar surface area (TPSA) is 141 Å². The molecule has 4 N–H and O–H groups in total. The van der Waals surface area contributed by atoms with Crippen molar-refractivity contribution in [1.29, 1.82) is 0 Å². The zero-order chi connectivity index (χ0) is 23.1. The van der Waals surface area contributed by atoms with Crippen LogP contribution in [0.25, 0.3) is 28.0 Å². The van der Waals surface area contributed by atoms with Crippen molar-refractivity contribution in [1.82, 2.24) is 34.7 Å². The van der Waals surface area contributed by atoms with Gasteiger partial charge in [-0.3, -0.25) is 0 Å². The minimum absolute atomic E-state index is 0.173. The maximum atomic E-state index is 9.92. The standard InChI is InChI=1S/C23H27N9O/c1-4-18-23(29-15-5-6-16(33)8-15)31-20-17(10-25-22(24)21(20)30-18)14-9-26-32(11-14)19-7-12(2)27-13(3)28-19/h7,9-11,15-16,33H,4-6,8H2,1-3H3,(H2,24,25)(H,29,31)/t15-,16+/m1/s1. The van der Waals surface area contributed by atoms with E-state index in [1.807, 2.05) is 33.0 Å². The first-order valence-electron chi connectivity index (χ1n) is 11.2. The molecule has 5 rings (SSSR count). The van der Waals surface area contributed by atoms with Crippen LogP contribution in [0.2, 0.25) is 0 Å². The predicted molar refractivity (Wildman–Crippen MR) is 126 cm³/mol. The monoisotopic (exact) mass is 445 g/mol.